The van der Waals surface area contributed by atoms with Crippen molar-refractivity contribution in [1.29, 1.82) is 0 Å². The Hall–Kier alpha value is -4.83. The number of nitrogens with one attached hydrogen (secondary N) is 1. The average Bonchev–Trinajstić information content (AvgIpc) is 3.49. The van der Waals surface area contributed by atoms with Crippen LogP contribution in [0.2, 0.25) is 5.02 Å². The smallest absolute Gasteiger partial charge is 0.425 e. The summed E-state index contributed by atoms with van der Waals surface area (Å²) in [6.45, 7) is 18.7. The summed E-state index contributed by atoms with van der Waals surface area (Å²) in [4.78, 5) is 45.9. The molecule has 1 aliphatic carbocycles. The SMILES string of the molecule is CC(C)n1nc(-c2cc(F)c(CS(=O)(=O)c3ccc(Cl)cc3)cc2F)c2c(N(C(=O)OC(C)(C)C)C(=O)OC(C)(C)C)ncc(C3CCC(NC(=O)OC(C)(C)C)CC3)c21. The predicted molar refractivity (Wildman–Crippen MR) is 225 cm³/mol. The minimum Gasteiger partial charge on any atom is -0.444 e. The van der Waals surface area contributed by atoms with Crippen molar-refractivity contribution in [1.82, 2.24) is 20.1 Å². The topological polar surface area (TPSA) is 159 Å². The van der Waals surface area contributed by atoms with E-state index in [0.29, 0.717) is 46.7 Å². The maximum atomic E-state index is 16.6. The van der Waals surface area contributed by atoms with Crippen LogP contribution in [0.3, 0.4) is 0 Å². The Labute approximate surface area is 355 Å². The number of halogens is 3. The highest BCUT2D eigenvalue weighted by Gasteiger charge is 2.39. The zero-order valence-electron chi connectivity index (χ0n) is 35.9. The Morgan fingerprint density at radius 1 is 0.867 bits per heavy atom. The zero-order valence-corrected chi connectivity index (χ0v) is 37.5. The molecule has 0 spiro atoms. The first-order valence-corrected chi connectivity index (χ1v) is 21.8. The number of hydrogen-bond donors (Lipinski definition) is 1. The van der Waals surface area contributed by atoms with Gasteiger partial charge in [-0.15, -0.1) is 0 Å². The Bertz CT molecular complexity index is 2350. The van der Waals surface area contributed by atoms with Crippen LogP contribution in [-0.4, -0.2) is 64.3 Å². The van der Waals surface area contributed by atoms with Gasteiger partial charge in [0.15, 0.2) is 15.7 Å². The molecule has 1 saturated carbocycles. The summed E-state index contributed by atoms with van der Waals surface area (Å²) < 4.78 is 77.7. The van der Waals surface area contributed by atoms with Gasteiger partial charge in [0.05, 0.1) is 21.6 Å². The number of nitrogens with zero attached hydrogens (tertiary/aromatic N) is 4. The van der Waals surface area contributed by atoms with Crippen molar-refractivity contribution in [2.24, 2.45) is 0 Å². The van der Waals surface area contributed by atoms with E-state index in [0.717, 1.165) is 12.1 Å². The van der Waals surface area contributed by atoms with Crippen LogP contribution in [0.15, 0.2) is 47.5 Å². The van der Waals surface area contributed by atoms with E-state index >= 15 is 8.78 Å². The van der Waals surface area contributed by atoms with Gasteiger partial charge in [0.2, 0.25) is 0 Å². The van der Waals surface area contributed by atoms with E-state index in [1.165, 1.54) is 30.5 Å². The third-order valence-corrected chi connectivity index (χ3v) is 11.3. The monoisotopic (exact) mass is 873 g/mol. The molecule has 3 amide bonds. The van der Waals surface area contributed by atoms with Gasteiger partial charge >= 0.3 is 18.3 Å². The molecular weight excluding hydrogens is 820 g/mol. The lowest BCUT2D eigenvalue weighted by Crippen LogP contribution is -2.44. The number of rotatable bonds is 8. The molecule has 2 heterocycles. The number of anilines is 1. The van der Waals surface area contributed by atoms with Crippen molar-refractivity contribution in [2.75, 3.05) is 4.90 Å². The van der Waals surface area contributed by atoms with Crippen molar-refractivity contribution in [3.8, 4) is 11.3 Å². The van der Waals surface area contributed by atoms with E-state index in [-0.39, 0.29) is 39.3 Å². The molecule has 13 nitrogen and oxygen atoms in total. The summed E-state index contributed by atoms with van der Waals surface area (Å²) in [5, 5.41) is 8.09. The molecule has 1 fully saturated rings. The summed E-state index contributed by atoms with van der Waals surface area (Å²) in [5.41, 5.74) is -2.73. The van der Waals surface area contributed by atoms with Gasteiger partial charge in [-0.05, 0) is 150 Å². The van der Waals surface area contributed by atoms with Crippen molar-refractivity contribution < 1.29 is 45.8 Å². The van der Waals surface area contributed by atoms with Gasteiger partial charge in [-0.25, -0.2) is 36.6 Å². The highest BCUT2D eigenvalue weighted by molar-refractivity contribution is 7.90. The first kappa shape index (κ1) is 46.2. The number of aromatic nitrogens is 3. The van der Waals surface area contributed by atoms with Crippen molar-refractivity contribution in [3.05, 3.63) is 70.4 Å². The predicted octanol–water partition coefficient (Wildman–Crippen LogP) is 10.8. The third kappa shape index (κ3) is 11.1. The van der Waals surface area contributed by atoms with E-state index < -0.39 is 73.9 Å². The minimum atomic E-state index is -4.13. The molecule has 17 heteroatoms. The first-order chi connectivity index (χ1) is 27.6. The largest absolute Gasteiger partial charge is 0.444 e. The van der Waals surface area contributed by atoms with Crippen molar-refractivity contribution in [3.63, 3.8) is 0 Å². The van der Waals surface area contributed by atoms with E-state index in [1.54, 1.807) is 67.0 Å². The Morgan fingerprint density at radius 2 is 1.42 bits per heavy atom. The van der Waals surface area contributed by atoms with E-state index in [2.05, 4.69) is 10.3 Å². The number of alkyl carbamates (subject to hydrolysis) is 1. The first-order valence-electron chi connectivity index (χ1n) is 19.8. The molecule has 2 aromatic heterocycles. The fraction of sp³-hybridized carbons (Fsp3) is 0.512. The highest BCUT2D eigenvalue weighted by atomic mass is 35.5. The molecule has 0 saturated heterocycles. The number of benzene rings is 2. The van der Waals surface area contributed by atoms with E-state index in [9.17, 15) is 22.8 Å². The Morgan fingerprint density at radius 3 is 1.93 bits per heavy atom. The summed E-state index contributed by atoms with van der Waals surface area (Å²) in [7, 11) is -4.13. The zero-order chi connectivity index (χ0) is 44.7. The number of amides is 3. The van der Waals surface area contributed by atoms with E-state index in [1.807, 2.05) is 13.8 Å². The van der Waals surface area contributed by atoms with Gasteiger partial charge in [0.25, 0.3) is 0 Å². The van der Waals surface area contributed by atoms with Crippen molar-refractivity contribution in [2.45, 2.75) is 147 Å². The Balaban J connectivity index is 1.71. The molecule has 5 rings (SSSR count). The molecule has 60 heavy (non-hydrogen) atoms. The minimum absolute atomic E-state index is 0.0340. The fourth-order valence-corrected chi connectivity index (χ4v) is 8.38. The highest BCUT2D eigenvalue weighted by Crippen LogP contribution is 2.44. The van der Waals surface area contributed by atoms with Gasteiger partial charge in [-0.2, -0.15) is 10.00 Å². The second kappa shape index (κ2) is 17.3. The Kier molecular flexibility index (Phi) is 13.3. The van der Waals surface area contributed by atoms with E-state index in [4.69, 9.17) is 30.9 Å². The number of carbonyl (C=O) groups excluding carboxylic acids is 3. The van der Waals surface area contributed by atoms with Gasteiger partial charge in [0, 0.05) is 34.4 Å². The molecule has 4 aromatic rings. The lowest BCUT2D eigenvalue weighted by molar-refractivity contribution is 0.0425. The van der Waals surface area contributed by atoms with Crippen LogP contribution >= 0.6 is 11.6 Å². The van der Waals surface area contributed by atoms with Gasteiger partial charge in [0.1, 0.15) is 34.1 Å². The quantitative estimate of drug-likeness (QED) is 0.169. The number of fused-ring (bicyclic) bond motifs is 1. The van der Waals surface area contributed by atoms with Gasteiger partial charge in [-0.1, -0.05) is 11.6 Å². The standard InChI is InChI=1S/C43H54ClF2N5O8S/c1-24(2)51-36-31(25-12-16-28(17-13-25)48-38(52)57-41(3,4)5)22-47-37(50(39(53)58-42(6,7)8)40(54)59-43(9,10)11)34(36)35(49-51)30-21-32(45)26(20-33(30)46)23-60(55,56)29-18-14-27(44)15-19-29/h14-15,18-22,24-25,28H,12-13,16-17,23H2,1-11H3,(H,48,52). The number of carbonyl (C=O) groups is 3. The lowest BCUT2D eigenvalue weighted by Gasteiger charge is -2.31. The molecule has 0 bridgehead atoms. The van der Waals surface area contributed by atoms with Gasteiger partial charge < -0.3 is 19.5 Å². The van der Waals surface area contributed by atoms with Crippen LogP contribution < -0.4 is 10.2 Å². The number of hydrogen-bond acceptors (Lipinski definition) is 10. The molecule has 1 aliphatic rings. The molecular formula is C43H54ClF2N5O8S. The van der Waals surface area contributed by atoms with Crippen LogP contribution in [-0.2, 0) is 29.8 Å². The van der Waals surface area contributed by atoms with Crippen LogP contribution in [0.4, 0.5) is 29.0 Å². The number of imide groups is 1. The third-order valence-electron chi connectivity index (χ3n) is 9.38. The molecule has 2 aromatic carbocycles. The van der Waals surface area contributed by atoms with Crippen molar-refractivity contribution >= 4 is 56.4 Å². The summed E-state index contributed by atoms with van der Waals surface area (Å²) in [6, 6.07) is 6.42. The van der Waals surface area contributed by atoms with Crippen LogP contribution in [0, 0.1) is 11.6 Å². The summed E-state index contributed by atoms with van der Waals surface area (Å²) in [6.07, 6.45) is 1.07. The summed E-state index contributed by atoms with van der Waals surface area (Å²) >= 11 is 5.93. The maximum Gasteiger partial charge on any atom is 0.425 e. The number of ether oxygens (including phenoxy) is 3. The fourth-order valence-electron chi connectivity index (χ4n) is 6.91. The molecule has 0 unspecified atom stereocenters. The second-order valence-electron chi connectivity index (χ2n) is 18.3. The molecule has 0 atom stereocenters. The molecule has 0 aliphatic heterocycles. The number of sulfone groups is 1. The lowest BCUT2D eigenvalue weighted by atomic mass is 9.81. The molecule has 326 valence electrons. The average molecular weight is 874 g/mol. The second-order valence-corrected chi connectivity index (χ2v) is 20.7. The molecule has 1 N–H and O–H groups in total. The van der Waals surface area contributed by atoms with Crippen LogP contribution in [0.1, 0.15) is 125 Å². The van der Waals surface area contributed by atoms with Gasteiger partial charge in [-0.3, -0.25) is 4.68 Å². The molecule has 0 radical (unpaired) electrons. The normalized spacial score (nSPS) is 16.4. The summed E-state index contributed by atoms with van der Waals surface area (Å²) in [5.74, 6) is -3.38. The van der Waals surface area contributed by atoms with Crippen LogP contribution in [0.25, 0.3) is 22.2 Å². The maximum absolute atomic E-state index is 16.6. The number of pyridine rings is 1. The van der Waals surface area contributed by atoms with Crippen LogP contribution in [0.5, 0.6) is 0 Å².